The third-order valence-corrected chi connectivity index (χ3v) is 6.99. The summed E-state index contributed by atoms with van der Waals surface area (Å²) in [5, 5.41) is 3.56. The van der Waals surface area contributed by atoms with E-state index in [1.807, 2.05) is 12.1 Å². The second-order valence-corrected chi connectivity index (χ2v) is 10.4. The number of unbranched alkanes of at least 4 members (excludes halogenated alkanes) is 3. The molecular weight excluding hydrogens is 494 g/mol. The van der Waals surface area contributed by atoms with Gasteiger partial charge in [-0.2, -0.15) is 0 Å². The van der Waals surface area contributed by atoms with Crippen LogP contribution in [0.4, 0.5) is 0 Å². The second-order valence-electron chi connectivity index (χ2n) is 9.99. The van der Waals surface area contributed by atoms with E-state index in [0.717, 1.165) is 62.2 Å². The van der Waals surface area contributed by atoms with Crippen LogP contribution in [0, 0.1) is 0 Å². The van der Waals surface area contributed by atoms with Gasteiger partial charge in [0.05, 0.1) is 17.6 Å². The van der Waals surface area contributed by atoms with Crippen LogP contribution in [0.15, 0.2) is 72.8 Å². The number of amides is 1. The molecule has 0 fully saturated rings. The second kappa shape index (κ2) is 14.0. The molecule has 1 amide bonds. The third kappa shape index (κ3) is 7.61. The molecule has 0 aliphatic heterocycles. The minimum absolute atomic E-state index is 0.0778. The van der Waals surface area contributed by atoms with Crippen LogP contribution in [0.5, 0.6) is 5.75 Å². The third-order valence-electron chi connectivity index (χ3n) is 6.76. The molecule has 0 saturated heterocycles. The standard InChI is InChI=1S/C32H38ClN3O2/c1-24(2)27-15-5-8-18-30(27)38-22-11-10-21-36-29-17-7-6-16-28(29)35-31(36)19-4-3-9-20-34-32(37)25-13-12-14-26(33)23-25/h5-8,12-18,23-24H,3-4,9-11,19-22H2,1-2H3,(H,34,37). The van der Waals surface area contributed by atoms with E-state index in [1.54, 1.807) is 24.3 Å². The SMILES string of the molecule is CC(C)c1ccccc1OCCCCn1c(CCCCCNC(=O)c2cccc(Cl)c2)nc2ccccc21. The molecule has 0 radical (unpaired) electrons. The van der Waals surface area contributed by atoms with Crippen molar-refractivity contribution in [3.63, 3.8) is 0 Å². The fourth-order valence-electron chi connectivity index (χ4n) is 4.73. The van der Waals surface area contributed by atoms with Crippen LogP contribution in [0.25, 0.3) is 11.0 Å². The Morgan fingerprint density at radius 3 is 2.61 bits per heavy atom. The molecule has 0 atom stereocenters. The van der Waals surface area contributed by atoms with Gasteiger partial charge in [0.2, 0.25) is 0 Å². The normalized spacial score (nSPS) is 11.3. The first-order chi connectivity index (χ1) is 18.5. The van der Waals surface area contributed by atoms with Gasteiger partial charge in [-0.05, 0) is 73.6 Å². The highest BCUT2D eigenvalue weighted by atomic mass is 35.5. The van der Waals surface area contributed by atoms with Crippen LogP contribution in [0.1, 0.15) is 73.6 Å². The maximum absolute atomic E-state index is 12.3. The first-order valence-corrected chi connectivity index (χ1v) is 14.1. The fraction of sp³-hybridized carbons (Fsp3) is 0.375. The van der Waals surface area contributed by atoms with Gasteiger partial charge < -0.3 is 14.6 Å². The number of imidazole rings is 1. The fourth-order valence-corrected chi connectivity index (χ4v) is 4.92. The van der Waals surface area contributed by atoms with Crippen molar-refractivity contribution in [2.75, 3.05) is 13.2 Å². The van der Waals surface area contributed by atoms with Crippen molar-refractivity contribution in [1.29, 1.82) is 0 Å². The van der Waals surface area contributed by atoms with Crippen molar-refractivity contribution >= 4 is 28.5 Å². The number of rotatable bonds is 14. The van der Waals surface area contributed by atoms with E-state index in [1.165, 1.54) is 11.1 Å². The number of hydrogen-bond donors (Lipinski definition) is 1. The van der Waals surface area contributed by atoms with Crippen LogP contribution in [-0.2, 0) is 13.0 Å². The molecule has 0 bridgehead atoms. The summed E-state index contributed by atoms with van der Waals surface area (Å²) in [6.07, 6.45) is 5.95. The lowest BCUT2D eigenvalue weighted by molar-refractivity contribution is 0.0953. The Labute approximate surface area is 231 Å². The van der Waals surface area contributed by atoms with Gasteiger partial charge in [0.25, 0.3) is 5.91 Å². The molecule has 6 heteroatoms. The molecule has 0 aliphatic carbocycles. The number of nitrogens with zero attached hydrogens (tertiary/aromatic N) is 2. The van der Waals surface area contributed by atoms with Crippen LogP contribution in [-0.4, -0.2) is 28.6 Å². The lowest BCUT2D eigenvalue weighted by atomic mass is 10.0. The molecule has 0 saturated carbocycles. The summed E-state index contributed by atoms with van der Waals surface area (Å²) < 4.78 is 8.50. The van der Waals surface area contributed by atoms with E-state index < -0.39 is 0 Å². The highest BCUT2D eigenvalue weighted by Gasteiger charge is 2.11. The lowest BCUT2D eigenvalue weighted by Crippen LogP contribution is -2.24. The van der Waals surface area contributed by atoms with Crippen LogP contribution >= 0.6 is 11.6 Å². The summed E-state index contributed by atoms with van der Waals surface area (Å²) in [7, 11) is 0. The molecular formula is C32H38ClN3O2. The molecule has 0 unspecified atom stereocenters. The minimum Gasteiger partial charge on any atom is -0.493 e. The predicted molar refractivity (Wildman–Crippen MR) is 156 cm³/mol. The highest BCUT2D eigenvalue weighted by Crippen LogP contribution is 2.26. The number of hydrogen-bond acceptors (Lipinski definition) is 3. The summed E-state index contributed by atoms with van der Waals surface area (Å²) in [6, 6.07) is 23.7. The van der Waals surface area contributed by atoms with Crippen LogP contribution in [0.3, 0.4) is 0 Å². The molecule has 4 aromatic rings. The number of carbonyl (C=O) groups is 1. The lowest BCUT2D eigenvalue weighted by Gasteiger charge is -2.14. The molecule has 1 aromatic heterocycles. The quantitative estimate of drug-likeness (QED) is 0.169. The molecule has 200 valence electrons. The number of nitrogens with one attached hydrogen (secondary N) is 1. The Balaban J connectivity index is 1.23. The molecule has 1 heterocycles. The predicted octanol–water partition coefficient (Wildman–Crippen LogP) is 7.82. The zero-order valence-electron chi connectivity index (χ0n) is 22.5. The average Bonchev–Trinajstić information content (AvgIpc) is 3.27. The summed E-state index contributed by atoms with van der Waals surface area (Å²) in [5.74, 6) is 2.51. The first-order valence-electron chi connectivity index (χ1n) is 13.7. The Morgan fingerprint density at radius 2 is 1.76 bits per heavy atom. The van der Waals surface area contributed by atoms with Crippen LogP contribution < -0.4 is 10.1 Å². The molecule has 38 heavy (non-hydrogen) atoms. The van der Waals surface area contributed by atoms with E-state index >= 15 is 0 Å². The van der Waals surface area contributed by atoms with E-state index in [0.29, 0.717) is 29.7 Å². The first kappa shape index (κ1) is 27.7. The van der Waals surface area contributed by atoms with Gasteiger partial charge in [-0.1, -0.05) is 68.3 Å². The summed E-state index contributed by atoms with van der Waals surface area (Å²) in [6.45, 7) is 6.70. The number of benzene rings is 3. The Hall–Kier alpha value is -3.31. The number of halogens is 1. The Bertz CT molecular complexity index is 1330. The van der Waals surface area contributed by atoms with Gasteiger partial charge in [-0.25, -0.2) is 4.98 Å². The van der Waals surface area contributed by atoms with Crippen LogP contribution in [0.2, 0.25) is 5.02 Å². The van der Waals surface area contributed by atoms with E-state index in [2.05, 4.69) is 60.1 Å². The highest BCUT2D eigenvalue weighted by molar-refractivity contribution is 6.30. The number of carbonyl (C=O) groups excluding carboxylic acids is 1. The van der Waals surface area contributed by atoms with Crippen molar-refractivity contribution in [3.05, 3.63) is 94.8 Å². The summed E-state index contributed by atoms with van der Waals surface area (Å²) in [4.78, 5) is 17.2. The van der Waals surface area contributed by atoms with Crippen molar-refractivity contribution < 1.29 is 9.53 Å². The average molecular weight is 532 g/mol. The van der Waals surface area contributed by atoms with E-state index in [4.69, 9.17) is 21.3 Å². The number of fused-ring (bicyclic) bond motifs is 1. The summed E-state index contributed by atoms with van der Waals surface area (Å²) in [5.41, 5.74) is 4.11. The number of ether oxygens (including phenoxy) is 1. The Morgan fingerprint density at radius 1 is 0.947 bits per heavy atom. The molecule has 0 aliphatic rings. The van der Waals surface area contributed by atoms with Gasteiger partial charge in [0, 0.05) is 30.1 Å². The van der Waals surface area contributed by atoms with Gasteiger partial charge in [0.1, 0.15) is 11.6 Å². The van der Waals surface area contributed by atoms with Gasteiger partial charge >= 0.3 is 0 Å². The van der Waals surface area contributed by atoms with Crippen molar-refractivity contribution in [2.45, 2.75) is 64.8 Å². The largest absolute Gasteiger partial charge is 0.493 e. The molecule has 3 aromatic carbocycles. The molecule has 5 nitrogen and oxygen atoms in total. The molecule has 4 rings (SSSR count). The van der Waals surface area contributed by atoms with E-state index in [-0.39, 0.29) is 5.91 Å². The zero-order valence-corrected chi connectivity index (χ0v) is 23.2. The van der Waals surface area contributed by atoms with Gasteiger partial charge in [0.15, 0.2) is 0 Å². The van der Waals surface area contributed by atoms with Crippen molar-refractivity contribution in [2.24, 2.45) is 0 Å². The van der Waals surface area contributed by atoms with Crippen molar-refractivity contribution in [3.8, 4) is 5.75 Å². The Kier molecular flexibility index (Phi) is 10.2. The van der Waals surface area contributed by atoms with Gasteiger partial charge in [-0.15, -0.1) is 0 Å². The molecule has 1 N–H and O–H groups in total. The van der Waals surface area contributed by atoms with Crippen molar-refractivity contribution in [1.82, 2.24) is 14.9 Å². The number of para-hydroxylation sites is 3. The maximum Gasteiger partial charge on any atom is 0.251 e. The topological polar surface area (TPSA) is 56.1 Å². The maximum atomic E-state index is 12.3. The zero-order chi connectivity index (χ0) is 26.7. The minimum atomic E-state index is -0.0778. The smallest absolute Gasteiger partial charge is 0.251 e. The van der Waals surface area contributed by atoms with E-state index in [9.17, 15) is 4.79 Å². The number of aromatic nitrogens is 2. The van der Waals surface area contributed by atoms with Gasteiger partial charge in [-0.3, -0.25) is 4.79 Å². The monoisotopic (exact) mass is 531 g/mol. The summed E-state index contributed by atoms with van der Waals surface area (Å²) >= 11 is 5.99. The molecule has 0 spiro atoms. The number of aryl methyl sites for hydroxylation is 2.